The molecule has 0 unspecified atom stereocenters. The van der Waals surface area contributed by atoms with E-state index in [-0.39, 0.29) is 12.7 Å². The molecule has 0 saturated carbocycles. The summed E-state index contributed by atoms with van der Waals surface area (Å²) in [6, 6.07) is 13.1. The van der Waals surface area contributed by atoms with Crippen molar-refractivity contribution in [1.82, 2.24) is 0 Å². The Balaban J connectivity index is 1.64. The average molecular weight is 355 g/mol. The molecule has 0 atom stereocenters. The summed E-state index contributed by atoms with van der Waals surface area (Å²) in [5.74, 6) is 2.11. The number of fused-ring (bicyclic) bond motifs is 1. The molecular formula is C20H21NO5. The third-order valence-electron chi connectivity index (χ3n) is 5.05. The van der Waals surface area contributed by atoms with E-state index in [0.717, 1.165) is 17.0 Å². The summed E-state index contributed by atoms with van der Waals surface area (Å²) < 4.78 is 21.6. The monoisotopic (exact) mass is 355 g/mol. The van der Waals surface area contributed by atoms with Crippen LogP contribution in [0.15, 0.2) is 42.5 Å². The first kappa shape index (κ1) is 16.7. The zero-order valence-electron chi connectivity index (χ0n) is 14.6. The Kier molecular flexibility index (Phi) is 4.42. The highest BCUT2D eigenvalue weighted by Gasteiger charge is 2.42. The van der Waals surface area contributed by atoms with Gasteiger partial charge in [-0.3, -0.25) is 4.79 Å². The molecule has 0 aromatic heterocycles. The van der Waals surface area contributed by atoms with Crippen molar-refractivity contribution >= 4 is 11.6 Å². The van der Waals surface area contributed by atoms with Crippen LogP contribution in [0.3, 0.4) is 0 Å². The highest BCUT2D eigenvalue weighted by atomic mass is 16.7. The molecule has 26 heavy (non-hydrogen) atoms. The fraction of sp³-hybridized carbons (Fsp3) is 0.350. The highest BCUT2D eigenvalue weighted by Crippen LogP contribution is 2.41. The molecule has 6 heteroatoms. The lowest BCUT2D eigenvalue weighted by atomic mass is 9.73. The zero-order chi connectivity index (χ0) is 18.0. The molecule has 1 saturated heterocycles. The maximum atomic E-state index is 13.3. The van der Waals surface area contributed by atoms with E-state index in [1.54, 1.807) is 7.11 Å². The lowest BCUT2D eigenvalue weighted by molar-refractivity contribution is -0.125. The topological polar surface area (TPSA) is 66.0 Å². The number of hydrogen-bond donors (Lipinski definition) is 1. The van der Waals surface area contributed by atoms with E-state index in [9.17, 15) is 4.79 Å². The molecule has 0 radical (unpaired) electrons. The van der Waals surface area contributed by atoms with Gasteiger partial charge in [0.25, 0.3) is 0 Å². The Labute approximate surface area is 152 Å². The van der Waals surface area contributed by atoms with Gasteiger partial charge in [0.15, 0.2) is 11.5 Å². The summed E-state index contributed by atoms with van der Waals surface area (Å²) in [7, 11) is 1.62. The number of anilines is 1. The first-order valence-corrected chi connectivity index (χ1v) is 8.65. The number of ether oxygens (including phenoxy) is 4. The van der Waals surface area contributed by atoms with Crippen LogP contribution in [0.25, 0.3) is 0 Å². The number of methoxy groups -OCH3 is 1. The van der Waals surface area contributed by atoms with E-state index in [2.05, 4.69) is 5.32 Å². The molecule has 136 valence electrons. The molecule has 1 amide bonds. The van der Waals surface area contributed by atoms with Crippen LogP contribution < -0.4 is 19.5 Å². The van der Waals surface area contributed by atoms with Crippen molar-refractivity contribution < 1.29 is 23.7 Å². The van der Waals surface area contributed by atoms with Crippen molar-refractivity contribution in [2.24, 2.45) is 0 Å². The number of amides is 1. The van der Waals surface area contributed by atoms with Crippen LogP contribution >= 0.6 is 0 Å². The van der Waals surface area contributed by atoms with Gasteiger partial charge in [0, 0.05) is 18.9 Å². The van der Waals surface area contributed by atoms with Crippen molar-refractivity contribution in [2.45, 2.75) is 18.3 Å². The van der Waals surface area contributed by atoms with Crippen LogP contribution in [0, 0.1) is 0 Å². The van der Waals surface area contributed by atoms with E-state index in [0.29, 0.717) is 37.6 Å². The summed E-state index contributed by atoms with van der Waals surface area (Å²) >= 11 is 0. The third-order valence-corrected chi connectivity index (χ3v) is 5.05. The minimum Gasteiger partial charge on any atom is -0.497 e. The Bertz CT molecular complexity index is 796. The van der Waals surface area contributed by atoms with Gasteiger partial charge in [0.05, 0.1) is 12.5 Å². The maximum Gasteiger partial charge on any atom is 0.235 e. The van der Waals surface area contributed by atoms with Crippen molar-refractivity contribution in [3.05, 3.63) is 48.0 Å². The summed E-state index contributed by atoms with van der Waals surface area (Å²) in [6.07, 6.45) is 1.24. The number of rotatable bonds is 4. The molecule has 2 aromatic carbocycles. The van der Waals surface area contributed by atoms with Gasteiger partial charge in [-0.05, 0) is 54.8 Å². The molecule has 1 N–H and O–H groups in total. The lowest BCUT2D eigenvalue weighted by Crippen LogP contribution is -2.44. The van der Waals surface area contributed by atoms with E-state index in [1.165, 1.54) is 0 Å². The number of benzene rings is 2. The second-order valence-corrected chi connectivity index (χ2v) is 6.45. The van der Waals surface area contributed by atoms with Gasteiger partial charge in [-0.2, -0.15) is 0 Å². The number of carbonyl (C=O) groups is 1. The van der Waals surface area contributed by atoms with Crippen LogP contribution in [-0.2, 0) is 14.9 Å². The Hall–Kier alpha value is -2.73. The van der Waals surface area contributed by atoms with Crippen LogP contribution in [-0.4, -0.2) is 33.0 Å². The molecule has 1 fully saturated rings. The van der Waals surface area contributed by atoms with E-state index in [1.807, 2.05) is 42.5 Å². The van der Waals surface area contributed by atoms with Gasteiger partial charge in [0.1, 0.15) is 5.75 Å². The van der Waals surface area contributed by atoms with E-state index in [4.69, 9.17) is 18.9 Å². The average Bonchev–Trinajstić information content (AvgIpc) is 3.17. The fourth-order valence-electron chi connectivity index (χ4n) is 3.49. The summed E-state index contributed by atoms with van der Waals surface area (Å²) in [4.78, 5) is 13.3. The lowest BCUT2D eigenvalue weighted by Gasteiger charge is -2.36. The molecule has 0 bridgehead atoms. The van der Waals surface area contributed by atoms with Crippen LogP contribution in [0.4, 0.5) is 5.69 Å². The van der Waals surface area contributed by atoms with Gasteiger partial charge in [-0.1, -0.05) is 6.07 Å². The summed E-state index contributed by atoms with van der Waals surface area (Å²) in [5.41, 5.74) is 1.01. The van der Waals surface area contributed by atoms with E-state index < -0.39 is 5.41 Å². The van der Waals surface area contributed by atoms with Gasteiger partial charge < -0.3 is 24.3 Å². The zero-order valence-corrected chi connectivity index (χ0v) is 14.6. The summed E-state index contributed by atoms with van der Waals surface area (Å²) in [6.45, 7) is 1.31. The van der Waals surface area contributed by atoms with Gasteiger partial charge in [-0.25, -0.2) is 0 Å². The molecule has 0 spiro atoms. The first-order valence-electron chi connectivity index (χ1n) is 8.65. The minimum atomic E-state index is -0.654. The highest BCUT2D eigenvalue weighted by molar-refractivity contribution is 5.99. The Morgan fingerprint density at radius 2 is 1.77 bits per heavy atom. The molecule has 2 aromatic rings. The Morgan fingerprint density at radius 3 is 2.50 bits per heavy atom. The fourth-order valence-corrected chi connectivity index (χ4v) is 3.49. The number of hydrogen-bond acceptors (Lipinski definition) is 5. The standard InChI is InChI=1S/C20H21NO5/c1-23-16-5-3-15(4-6-16)21-19(22)20(8-10-24-11-9-20)14-2-7-17-18(12-14)26-13-25-17/h2-7,12H,8-11,13H2,1H3,(H,21,22). The number of nitrogens with one attached hydrogen (secondary N) is 1. The van der Waals surface area contributed by atoms with Gasteiger partial charge >= 0.3 is 0 Å². The molecule has 2 heterocycles. The second-order valence-electron chi connectivity index (χ2n) is 6.45. The van der Waals surface area contributed by atoms with Crippen molar-refractivity contribution in [3.8, 4) is 17.2 Å². The first-order chi connectivity index (χ1) is 12.7. The van der Waals surface area contributed by atoms with Crippen molar-refractivity contribution in [1.29, 1.82) is 0 Å². The largest absolute Gasteiger partial charge is 0.497 e. The van der Waals surface area contributed by atoms with E-state index >= 15 is 0 Å². The van der Waals surface area contributed by atoms with Gasteiger partial charge in [0.2, 0.25) is 12.7 Å². The number of carbonyl (C=O) groups excluding carboxylic acids is 1. The Morgan fingerprint density at radius 1 is 1.04 bits per heavy atom. The smallest absolute Gasteiger partial charge is 0.235 e. The summed E-state index contributed by atoms with van der Waals surface area (Å²) in [5, 5.41) is 3.05. The molecule has 6 nitrogen and oxygen atoms in total. The molecule has 2 aliphatic rings. The van der Waals surface area contributed by atoms with Crippen LogP contribution in [0.1, 0.15) is 18.4 Å². The predicted octanol–water partition coefficient (Wildman–Crippen LogP) is 3.11. The van der Waals surface area contributed by atoms with Crippen LogP contribution in [0.5, 0.6) is 17.2 Å². The van der Waals surface area contributed by atoms with Crippen molar-refractivity contribution in [2.75, 3.05) is 32.4 Å². The normalized spacial score (nSPS) is 17.6. The quantitative estimate of drug-likeness (QED) is 0.913. The molecular weight excluding hydrogens is 334 g/mol. The molecule has 2 aliphatic heterocycles. The molecule has 0 aliphatic carbocycles. The predicted molar refractivity (Wildman–Crippen MR) is 95.9 cm³/mol. The minimum absolute atomic E-state index is 0.0372. The van der Waals surface area contributed by atoms with Crippen LogP contribution in [0.2, 0.25) is 0 Å². The molecule has 4 rings (SSSR count). The SMILES string of the molecule is COc1ccc(NC(=O)C2(c3ccc4c(c3)OCO4)CCOCC2)cc1. The van der Waals surface area contributed by atoms with Gasteiger partial charge in [-0.15, -0.1) is 0 Å². The van der Waals surface area contributed by atoms with Crippen molar-refractivity contribution in [3.63, 3.8) is 0 Å². The second kappa shape index (κ2) is 6.88. The maximum absolute atomic E-state index is 13.3. The third kappa shape index (κ3) is 2.97.